The van der Waals surface area contributed by atoms with Gasteiger partial charge in [-0.2, -0.15) is 0 Å². The van der Waals surface area contributed by atoms with Gasteiger partial charge in [0.05, 0.1) is 11.5 Å². The summed E-state index contributed by atoms with van der Waals surface area (Å²) in [6.07, 6.45) is 8.88. The molecule has 1 aromatic rings. The zero-order valence-corrected chi connectivity index (χ0v) is 18.7. The second kappa shape index (κ2) is 7.54. The number of hydrogen-bond acceptors (Lipinski definition) is 4. The summed E-state index contributed by atoms with van der Waals surface area (Å²) in [5.74, 6) is 3.59. The van der Waals surface area contributed by atoms with Gasteiger partial charge in [0.25, 0.3) is 5.91 Å². The van der Waals surface area contributed by atoms with E-state index in [1.807, 2.05) is 19.1 Å². The Balaban J connectivity index is 1.21. The van der Waals surface area contributed by atoms with Crippen LogP contribution in [0.5, 0.6) is 5.75 Å². The van der Waals surface area contributed by atoms with E-state index in [-0.39, 0.29) is 30.1 Å². The van der Waals surface area contributed by atoms with E-state index in [0.717, 1.165) is 17.8 Å². The predicted molar refractivity (Wildman–Crippen MR) is 116 cm³/mol. The third kappa shape index (κ3) is 3.76. The largest absolute Gasteiger partial charge is 0.484 e. The number of sulfone groups is 1. The van der Waals surface area contributed by atoms with Crippen LogP contribution in [0.4, 0.5) is 0 Å². The van der Waals surface area contributed by atoms with Crippen LogP contribution in [-0.2, 0) is 20.0 Å². The van der Waals surface area contributed by atoms with Gasteiger partial charge in [0, 0.05) is 12.6 Å². The van der Waals surface area contributed by atoms with Crippen molar-refractivity contribution in [2.45, 2.75) is 63.3 Å². The minimum absolute atomic E-state index is 0.0406. The van der Waals surface area contributed by atoms with Gasteiger partial charge in [-0.1, -0.05) is 12.1 Å². The Hall–Kier alpha value is -1.56. The molecule has 1 amide bonds. The third-order valence-electron chi connectivity index (χ3n) is 8.18. The normalized spacial score (nSPS) is 36.0. The van der Waals surface area contributed by atoms with Gasteiger partial charge in [0.15, 0.2) is 16.4 Å². The highest BCUT2D eigenvalue weighted by Crippen LogP contribution is 2.60. The van der Waals surface area contributed by atoms with Crippen LogP contribution in [0.25, 0.3) is 0 Å². The van der Waals surface area contributed by atoms with Crippen molar-refractivity contribution in [2.75, 3.05) is 24.7 Å². The van der Waals surface area contributed by atoms with E-state index >= 15 is 0 Å². The summed E-state index contributed by atoms with van der Waals surface area (Å²) in [7, 11) is -3.01. The molecule has 1 saturated heterocycles. The summed E-state index contributed by atoms with van der Waals surface area (Å²) in [5, 5.41) is 0. The molecule has 0 unspecified atom stereocenters. The van der Waals surface area contributed by atoms with Crippen LogP contribution in [0.1, 0.15) is 57.4 Å². The minimum Gasteiger partial charge on any atom is -0.484 e. The number of likely N-dealkylation sites (N-methyl/N-ethyl adjacent to an activating group) is 1. The zero-order valence-electron chi connectivity index (χ0n) is 17.9. The highest BCUT2D eigenvalue weighted by atomic mass is 32.2. The Kier molecular flexibility index (Phi) is 5.11. The molecule has 4 aliphatic carbocycles. The lowest BCUT2D eigenvalue weighted by atomic mass is 9.48. The van der Waals surface area contributed by atoms with E-state index in [1.54, 1.807) is 4.90 Å². The molecule has 0 spiro atoms. The number of nitrogens with zero attached hydrogens (tertiary/aromatic N) is 1. The van der Waals surface area contributed by atoms with Crippen molar-refractivity contribution in [2.24, 2.45) is 17.8 Å². The van der Waals surface area contributed by atoms with E-state index in [2.05, 4.69) is 12.1 Å². The van der Waals surface area contributed by atoms with Gasteiger partial charge in [-0.15, -0.1) is 0 Å². The molecule has 6 rings (SSSR count). The number of ether oxygens (including phenoxy) is 1. The molecule has 1 atom stereocenters. The first-order chi connectivity index (χ1) is 14.4. The van der Waals surface area contributed by atoms with Gasteiger partial charge in [0.1, 0.15) is 5.75 Å². The first kappa shape index (κ1) is 20.3. The van der Waals surface area contributed by atoms with E-state index in [0.29, 0.717) is 24.1 Å². The van der Waals surface area contributed by atoms with Crippen molar-refractivity contribution < 1.29 is 17.9 Å². The molecular formula is C24H33NO4S. The predicted octanol–water partition coefficient (Wildman–Crippen LogP) is 3.57. The lowest BCUT2D eigenvalue weighted by molar-refractivity contribution is -0.135. The van der Waals surface area contributed by atoms with Gasteiger partial charge >= 0.3 is 0 Å². The number of rotatable bonds is 6. The Morgan fingerprint density at radius 3 is 2.17 bits per heavy atom. The molecule has 164 valence electrons. The molecule has 1 heterocycles. The van der Waals surface area contributed by atoms with Crippen molar-refractivity contribution in [1.82, 2.24) is 4.90 Å². The maximum absolute atomic E-state index is 12.6. The summed E-state index contributed by atoms with van der Waals surface area (Å²) in [6, 6.07) is 8.24. The highest BCUT2D eigenvalue weighted by Gasteiger charge is 2.51. The SMILES string of the molecule is CCN(C(=O)COc1ccc(C23CC4CC(CC(C4)C2)C3)cc1)[C@@H]1CCS(=O)(=O)C1. The van der Waals surface area contributed by atoms with E-state index in [4.69, 9.17) is 4.74 Å². The fourth-order valence-corrected chi connectivity index (χ4v) is 8.99. The van der Waals surface area contributed by atoms with Gasteiger partial charge in [0.2, 0.25) is 0 Å². The van der Waals surface area contributed by atoms with E-state index in [1.165, 1.54) is 44.1 Å². The Bertz CT molecular complexity index is 872. The van der Waals surface area contributed by atoms with Crippen LogP contribution in [0.3, 0.4) is 0 Å². The summed E-state index contributed by atoms with van der Waals surface area (Å²) < 4.78 is 29.3. The first-order valence-corrected chi connectivity index (χ1v) is 13.4. The Morgan fingerprint density at radius 2 is 1.67 bits per heavy atom. The lowest BCUT2D eigenvalue weighted by Crippen LogP contribution is -2.48. The molecule has 5 aliphatic rings. The van der Waals surface area contributed by atoms with Crippen LogP contribution in [0.15, 0.2) is 24.3 Å². The van der Waals surface area contributed by atoms with Crippen LogP contribution in [0, 0.1) is 17.8 Å². The molecule has 4 bridgehead atoms. The zero-order chi connectivity index (χ0) is 20.9. The number of hydrogen-bond donors (Lipinski definition) is 0. The second-order valence-electron chi connectivity index (χ2n) is 10.2. The van der Waals surface area contributed by atoms with Crippen molar-refractivity contribution in [3.63, 3.8) is 0 Å². The molecule has 6 heteroatoms. The fraction of sp³-hybridized carbons (Fsp3) is 0.708. The number of benzene rings is 1. The summed E-state index contributed by atoms with van der Waals surface area (Å²) in [6.45, 7) is 2.36. The molecule has 5 fully saturated rings. The van der Waals surface area contributed by atoms with Gasteiger partial charge in [-0.25, -0.2) is 8.42 Å². The minimum atomic E-state index is -3.01. The van der Waals surface area contributed by atoms with Crippen molar-refractivity contribution in [1.29, 1.82) is 0 Å². The molecule has 30 heavy (non-hydrogen) atoms. The van der Waals surface area contributed by atoms with Gasteiger partial charge < -0.3 is 9.64 Å². The maximum Gasteiger partial charge on any atom is 0.260 e. The van der Waals surface area contributed by atoms with Crippen LogP contribution in [-0.4, -0.2) is 49.9 Å². The fourth-order valence-electron chi connectivity index (χ4n) is 7.26. The summed E-state index contributed by atoms with van der Waals surface area (Å²) >= 11 is 0. The Morgan fingerprint density at radius 1 is 1.07 bits per heavy atom. The monoisotopic (exact) mass is 431 g/mol. The quantitative estimate of drug-likeness (QED) is 0.691. The second-order valence-corrected chi connectivity index (χ2v) is 12.5. The molecule has 5 nitrogen and oxygen atoms in total. The van der Waals surface area contributed by atoms with Gasteiger partial charge in [-0.05, 0) is 92.7 Å². The van der Waals surface area contributed by atoms with Crippen LogP contribution in [0.2, 0.25) is 0 Å². The average Bonchev–Trinajstić information content (AvgIpc) is 3.05. The lowest BCUT2D eigenvalue weighted by Gasteiger charge is -2.57. The van der Waals surface area contributed by atoms with Gasteiger partial charge in [-0.3, -0.25) is 4.79 Å². The van der Waals surface area contributed by atoms with Crippen molar-refractivity contribution in [3.05, 3.63) is 29.8 Å². The smallest absolute Gasteiger partial charge is 0.260 e. The summed E-state index contributed by atoms with van der Waals surface area (Å²) in [5.41, 5.74) is 1.82. The molecule has 1 aromatic carbocycles. The van der Waals surface area contributed by atoms with Crippen LogP contribution >= 0.6 is 0 Å². The number of carbonyl (C=O) groups is 1. The van der Waals surface area contributed by atoms with E-state index < -0.39 is 9.84 Å². The van der Waals surface area contributed by atoms with Crippen molar-refractivity contribution >= 4 is 15.7 Å². The topological polar surface area (TPSA) is 63.7 Å². The maximum atomic E-state index is 12.6. The number of carbonyl (C=O) groups excluding carboxylic acids is 1. The molecule has 0 N–H and O–H groups in total. The van der Waals surface area contributed by atoms with E-state index in [9.17, 15) is 13.2 Å². The summed E-state index contributed by atoms with van der Waals surface area (Å²) in [4.78, 5) is 14.3. The first-order valence-electron chi connectivity index (χ1n) is 11.6. The highest BCUT2D eigenvalue weighted by molar-refractivity contribution is 7.91. The number of amides is 1. The van der Waals surface area contributed by atoms with Crippen molar-refractivity contribution in [3.8, 4) is 5.75 Å². The van der Waals surface area contributed by atoms with Crippen LogP contribution < -0.4 is 4.74 Å². The Labute approximate surface area is 180 Å². The average molecular weight is 432 g/mol. The molecular weight excluding hydrogens is 398 g/mol. The molecule has 4 saturated carbocycles. The molecule has 0 radical (unpaired) electrons. The standard InChI is InChI=1S/C24H33NO4S/c1-2-25(21-7-8-30(27,28)16-21)23(26)15-29-22-5-3-20(4-6-22)24-12-17-9-18(13-24)11-19(10-17)14-24/h3-6,17-19,21H,2,7-16H2,1H3/t17?,18?,19?,21-,24?/m1/s1. The molecule has 0 aromatic heterocycles. The molecule has 1 aliphatic heterocycles. The third-order valence-corrected chi connectivity index (χ3v) is 9.93.